The van der Waals surface area contributed by atoms with E-state index >= 15 is 0 Å². The van der Waals surface area contributed by atoms with Crippen molar-refractivity contribution in [1.29, 1.82) is 0 Å². The topological polar surface area (TPSA) is 54.0 Å². The number of hydrogen-bond acceptors (Lipinski definition) is 7. The number of hydrogen-bond donors (Lipinski definition) is 0. The molecule has 0 radical (unpaired) electrons. The fourth-order valence-corrected chi connectivity index (χ4v) is 3.93. The minimum Gasteiger partial charge on any atom is -0.381 e. The lowest BCUT2D eigenvalue weighted by molar-refractivity contribution is 0.0517. The monoisotopic (exact) mass is 347 g/mol. The molecule has 3 aliphatic heterocycles. The molecule has 4 heterocycles. The molecule has 4 rings (SSSR count). The number of anilines is 2. The molecule has 3 fully saturated rings. The third-order valence-corrected chi connectivity index (χ3v) is 5.53. The first kappa shape index (κ1) is 17.0. The summed E-state index contributed by atoms with van der Waals surface area (Å²) in [6.07, 6.45) is 4.14. The van der Waals surface area contributed by atoms with Crippen molar-refractivity contribution in [3.63, 3.8) is 0 Å². The van der Waals surface area contributed by atoms with Crippen LogP contribution >= 0.6 is 0 Å². The van der Waals surface area contributed by atoms with E-state index in [-0.39, 0.29) is 0 Å². The van der Waals surface area contributed by atoms with E-state index in [0.29, 0.717) is 0 Å². The fraction of sp³-hybridized carbons (Fsp3) is 0.778. The maximum atomic E-state index is 5.47. The van der Waals surface area contributed by atoms with Crippen molar-refractivity contribution < 1.29 is 9.47 Å². The molecule has 7 heteroatoms. The van der Waals surface area contributed by atoms with E-state index in [2.05, 4.69) is 30.7 Å². The van der Waals surface area contributed by atoms with Gasteiger partial charge in [-0.15, -0.1) is 0 Å². The van der Waals surface area contributed by atoms with Gasteiger partial charge in [0.1, 0.15) is 18.0 Å². The van der Waals surface area contributed by atoms with Crippen LogP contribution in [0.4, 0.5) is 11.6 Å². The molecular formula is C18H29N5O2. The van der Waals surface area contributed by atoms with E-state index in [1.807, 2.05) is 0 Å². The average molecular weight is 347 g/mol. The summed E-state index contributed by atoms with van der Waals surface area (Å²) in [7, 11) is 0. The largest absolute Gasteiger partial charge is 0.381 e. The predicted molar refractivity (Wildman–Crippen MR) is 97.3 cm³/mol. The number of morpholine rings is 1. The Labute approximate surface area is 149 Å². The van der Waals surface area contributed by atoms with Crippen molar-refractivity contribution in [2.45, 2.75) is 12.8 Å². The first-order valence-electron chi connectivity index (χ1n) is 9.58. The Hall–Kier alpha value is -1.44. The molecular weight excluding hydrogens is 318 g/mol. The van der Waals surface area contributed by atoms with Crippen LogP contribution in [-0.2, 0) is 9.47 Å². The molecule has 1 aromatic heterocycles. The summed E-state index contributed by atoms with van der Waals surface area (Å²) in [6, 6.07) is 2.14. The van der Waals surface area contributed by atoms with E-state index in [4.69, 9.17) is 9.47 Å². The van der Waals surface area contributed by atoms with Crippen LogP contribution < -0.4 is 9.80 Å². The minimum atomic E-state index is 0.782. The average Bonchev–Trinajstić information content (AvgIpc) is 2.70. The molecule has 0 atom stereocenters. The Morgan fingerprint density at radius 2 is 1.40 bits per heavy atom. The summed E-state index contributed by atoms with van der Waals surface area (Å²) >= 11 is 0. The number of rotatable bonds is 4. The maximum Gasteiger partial charge on any atom is 0.134 e. The lowest BCUT2D eigenvalue weighted by atomic mass is 9.99. The third kappa shape index (κ3) is 4.40. The van der Waals surface area contributed by atoms with Crippen molar-refractivity contribution in [3.05, 3.63) is 12.4 Å². The van der Waals surface area contributed by atoms with Gasteiger partial charge in [0.05, 0.1) is 13.2 Å². The van der Waals surface area contributed by atoms with Crippen molar-refractivity contribution in [2.24, 2.45) is 5.92 Å². The lowest BCUT2D eigenvalue weighted by Gasteiger charge is -2.38. The zero-order chi connectivity index (χ0) is 16.9. The van der Waals surface area contributed by atoms with Gasteiger partial charge < -0.3 is 19.3 Å². The molecule has 0 amide bonds. The van der Waals surface area contributed by atoms with Gasteiger partial charge in [-0.3, -0.25) is 4.90 Å². The molecule has 0 unspecified atom stereocenters. The summed E-state index contributed by atoms with van der Waals surface area (Å²) in [5, 5.41) is 0. The molecule has 3 saturated heterocycles. The second-order valence-corrected chi connectivity index (χ2v) is 7.18. The molecule has 138 valence electrons. The number of aromatic nitrogens is 2. The van der Waals surface area contributed by atoms with Crippen molar-refractivity contribution in [1.82, 2.24) is 14.9 Å². The molecule has 7 nitrogen and oxygen atoms in total. The summed E-state index contributed by atoms with van der Waals surface area (Å²) in [5.41, 5.74) is 0. The standard InChI is InChI=1S/C18H29N5O2/c1-9-24-10-2-16(1)14-21-3-5-22(6-4-21)17-13-18(20-15-19-17)23-7-11-25-12-8-23/h13,15-16H,1-12,14H2. The fourth-order valence-electron chi connectivity index (χ4n) is 3.93. The first-order chi connectivity index (χ1) is 12.4. The van der Waals surface area contributed by atoms with Crippen molar-refractivity contribution >= 4 is 11.6 Å². The smallest absolute Gasteiger partial charge is 0.134 e. The second-order valence-electron chi connectivity index (χ2n) is 7.18. The summed E-state index contributed by atoms with van der Waals surface area (Å²) in [6.45, 7) is 10.8. The van der Waals surface area contributed by atoms with Gasteiger partial charge in [-0.1, -0.05) is 0 Å². The molecule has 0 bridgehead atoms. The van der Waals surface area contributed by atoms with Gasteiger partial charge in [-0.2, -0.15) is 0 Å². The normalized spacial score (nSPS) is 23.8. The molecule has 0 aliphatic carbocycles. The highest BCUT2D eigenvalue weighted by Crippen LogP contribution is 2.21. The van der Waals surface area contributed by atoms with Gasteiger partial charge in [0, 0.05) is 65.1 Å². The van der Waals surface area contributed by atoms with Crippen molar-refractivity contribution in [3.8, 4) is 0 Å². The second kappa shape index (κ2) is 8.29. The van der Waals surface area contributed by atoms with Crippen molar-refractivity contribution in [2.75, 3.05) is 82.0 Å². The molecule has 3 aliphatic rings. The van der Waals surface area contributed by atoms with E-state index in [0.717, 1.165) is 83.2 Å². The highest BCUT2D eigenvalue weighted by atomic mass is 16.5. The van der Waals surface area contributed by atoms with Crippen LogP contribution in [0.15, 0.2) is 12.4 Å². The van der Waals surface area contributed by atoms with Gasteiger partial charge in [-0.05, 0) is 18.8 Å². The van der Waals surface area contributed by atoms with E-state index in [1.54, 1.807) is 6.33 Å². The zero-order valence-corrected chi connectivity index (χ0v) is 15.0. The number of ether oxygens (including phenoxy) is 2. The van der Waals surface area contributed by atoms with E-state index in [1.165, 1.54) is 19.4 Å². The van der Waals surface area contributed by atoms with Crippen LogP contribution in [0.25, 0.3) is 0 Å². The lowest BCUT2D eigenvalue weighted by Crippen LogP contribution is -2.48. The Kier molecular flexibility index (Phi) is 5.64. The van der Waals surface area contributed by atoms with Crippen LogP contribution in [0.5, 0.6) is 0 Å². The Balaban J connectivity index is 1.31. The quantitative estimate of drug-likeness (QED) is 0.801. The van der Waals surface area contributed by atoms with Gasteiger partial charge in [0.25, 0.3) is 0 Å². The number of piperazine rings is 1. The maximum absolute atomic E-state index is 5.47. The summed E-state index contributed by atoms with van der Waals surface area (Å²) < 4.78 is 10.9. The van der Waals surface area contributed by atoms with Gasteiger partial charge in [0.15, 0.2) is 0 Å². The summed E-state index contributed by atoms with van der Waals surface area (Å²) in [5.74, 6) is 2.90. The molecule has 1 aromatic rings. The van der Waals surface area contributed by atoms with Gasteiger partial charge >= 0.3 is 0 Å². The Morgan fingerprint density at radius 1 is 0.800 bits per heavy atom. The Bertz CT molecular complexity index is 538. The van der Waals surface area contributed by atoms with Gasteiger partial charge in [-0.25, -0.2) is 9.97 Å². The first-order valence-corrected chi connectivity index (χ1v) is 9.58. The molecule has 0 saturated carbocycles. The molecule has 0 N–H and O–H groups in total. The van der Waals surface area contributed by atoms with Crippen LogP contribution in [0.2, 0.25) is 0 Å². The minimum absolute atomic E-state index is 0.782. The number of nitrogens with zero attached hydrogens (tertiary/aromatic N) is 5. The van der Waals surface area contributed by atoms with Crippen LogP contribution in [0.3, 0.4) is 0 Å². The van der Waals surface area contributed by atoms with Gasteiger partial charge in [0.2, 0.25) is 0 Å². The molecule has 0 spiro atoms. The highest BCUT2D eigenvalue weighted by molar-refractivity contribution is 5.50. The SMILES string of the molecule is c1nc(N2CCOCC2)cc(N2CCN(CC3CCOCC3)CC2)n1. The zero-order valence-electron chi connectivity index (χ0n) is 15.0. The van der Waals surface area contributed by atoms with Crippen LogP contribution in [0, 0.1) is 5.92 Å². The summed E-state index contributed by atoms with van der Waals surface area (Å²) in [4.78, 5) is 16.3. The van der Waals surface area contributed by atoms with Crippen LogP contribution in [-0.4, -0.2) is 87.1 Å². The molecule has 0 aromatic carbocycles. The Morgan fingerprint density at radius 3 is 2.08 bits per heavy atom. The van der Waals surface area contributed by atoms with E-state index < -0.39 is 0 Å². The highest BCUT2D eigenvalue weighted by Gasteiger charge is 2.23. The molecule has 25 heavy (non-hydrogen) atoms. The third-order valence-electron chi connectivity index (χ3n) is 5.53. The van der Waals surface area contributed by atoms with E-state index in [9.17, 15) is 0 Å². The van der Waals surface area contributed by atoms with Crippen LogP contribution in [0.1, 0.15) is 12.8 Å². The predicted octanol–water partition coefficient (Wildman–Crippen LogP) is 0.862.